The van der Waals surface area contributed by atoms with Crippen LogP contribution in [-0.2, 0) is 0 Å². The molecule has 0 amide bonds. The van der Waals surface area contributed by atoms with Gasteiger partial charge in [-0.3, -0.25) is 0 Å². The van der Waals surface area contributed by atoms with E-state index < -0.39 is 6.61 Å². The average Bonchev–Trinajstić information content (AvgIpc) is 2.04. The summed E-state index contributed by atoms with van der Waals surface area (Å²) in [6.07, 6.45) is 0. The molecule has 0 aliphatic heterocycles. The molecule has 1 aromatic carbocycles. The maximum Gasteiger partial charge on any atom is 0.387 e. The Kier molecular flexibility index (Phi) is 2.85. The number of rotatable bonds is 3. The number of halogens is 2. The molecule has 0 spiro atoms. The Balaban J connectivity index is 2.82. The molecule has 4 heteroatoms. The van der Waals surface area contributed by atoms with E-state index in [9.17, 15) is 8.78 Å². The highest BCUT2D eigenvalue weighted by Gasteiger charge is 2.06. The van der Waals surface area contributed by atoms with Crippen molar-refractivity contribution in [2.45, 2.75) is 6.61 Å². The maximum atomic E-state index is 11.7. The molecule has 64 valence electrons. The molecule has 0 aromatic heterocycles. The summed E-state index contributed by atoms with van der Waals surface area (Å²) in [5.74, 6) is 0.0370. The Bertz CT molecular complexity index is 253. The van der Waals surface area contributed by atoms with Gasteiger partial charge in [-0.15, -0.1) is 0 Å². The fourth-order valence-corrected chi connectivity index (χ4v) is 0.785. The van der Waals surface area contributed by atoms with E-state index >= 15 is 0 Å². The summed E-state index contributed by atoms with van der Waals surface area (Å²) in [6, 6.07) is 6.19. The molecular weight excluding hydrogens is 164 g/mol. The van der Waals surface area contributed by atoms with Crippen LogP contribution in [0.2, 0.25) is 0 Å². The second kappa shape index (κ2) is 3.90. The van der Waals surface area contributed by atoms with Crippen LogP contribution in [0.4, 0.5) is 14.5 Å². The van der Waals surface area contributed by atoms with E-state index in [4.69, 9.17) is 7.05 Å². The first-order valence-electron chi connectivity index (χ1n) is 3.24. The van der Waals surface area contributed by atoms with Crippen molar-refractivity contribution in [2.75, 3.05) is 5.32 Å². The lowest BCUT2D eigenvalue weighted by Crippen LogP contribution is -2.03. The molecule has 0 saturated heterocycles. The molecule has 0 aliphatic carbocycles. The van der Waals surface area contributed by atoms with Crippen molar-refractivity contribution >= 4 is 5.69 Å². The zero-order chi connectivity index (χ0) is 8.97. The van der Waals surface area contributed by atoms with Gasteiger partial charge in [0.15, 0.2) is 0 Å². The molecule has 1 aromatic rings. The number of anilines is 1. The number of hydrogen-bond acceptors (Lipinski definition) is 2. The highest BCUT2D eigenvalue weighted by atomic mass is 19.3. The first-order chi connectivity index (χ1) is 5.74. The van der Waals surface area contributed by atoms with Crippen LogP contribution in [0.25, 0.3) is 0 Å². The summed E-state index contributed by atoms with van der Waals surface area (Å²) in [5.41, 5.74) is 0.331. The molecule has 0 unspecified atom stereocenters. The Morgan fingerprint density at radius 1 is 1.33 bits per heavy atom. The highest BCUT2D eigenvalue weighted by Crippen LogP contribution is 2.24. The monoisotopic (exact) mass is 171 g/mol. The standard InChI is InChI=1S/C8H7F2NO/c1-11-6-4-2-3-5-7(6)12-8(9)10/h1-5,8,11H. The van der Waals surface area contributed by atoms with Crippen molar-refractivity contribution in [3.8, 4) is 5.75 Å². The van der Waals surface area contributed by atoms with Crippen LogP contribution >= 0.6 is 0 Å². The van der Waals surface area contributed by atoms with Gasteiger partial charge in [-0.2, -0.15) is 8.78 Å². The Labute approximate surface area is 69.2 Å². The lowest BCUT2D eigenvalue weighted by molar-refractivity contribution is -0.0493. The summed E-state index contributed by atoms with van der Waals surface area (Å²) in [4.78, 5) is 0. The lowest BCUT2D eigenvalue weighted by atomic mass is 10.3. The van der Waals surface area contributed by atoms with Gasteiger partial charge in [-0.25, -0.2) is 0 Å². The summed E-state index contributed by atoms with van der Waals surface area (Å²) >= 11 is 0. The van der Waals surface area contributed by atoms with Crippen molar-refractivity contribution in [2.24, 2.45) is 0 Å². The highest BCUT2D eigenvalue weighted by molar-refractivity contribution is 5.56. The number of hydrogen-bond donors (Lipinski definition) is 1. The van der Waals surface area contributed by atoms with Gasteiger partial charge >= 0.3 is 6.61 Å². The third-order valence-corrected chi connectivity index (χ3v) is 1.26. The van der Waals surface area contributed by atoms with Crippen LogP contribution < -0.4 is 10.1 Å². The van der Waals surface area contributed by atoms with Crippen molar-refractivity contribution < 1.29 is 13.5 Å². The number of para-hydroxylation sites is 2. The molecule has 2 radical (unpaired) electrons. The molecule has 1 N–H and O–H groups in total. The molecule has 12 heavy (non-hydrogen) atoms. The summed E-state index contributed by atoms with van der Waals surface area (Å²) in [7, 11) is 5.05. The fourth-order valence-electron chi connectivity index (χ4n) is 0.785. The molecule has 0 fully saturated rings. The van der Waals surface area contributed by atoms with Crippen LogP contribution in [0.1, 0.15) is 0 Å². The van der Waals surface area contributed by atoms with Crippen LogP contribution in [0, 0.1) is 7.05 Å². The quantitative estimate of drug-likeness (QED) is 0.705. The zero-order valence-corrected chi connectivity index (χ0v) is 6.13. The van der Waals surface area contributed by atoms with Gasteiger partial charge in [0, 0.05) is 0 Å². The van der Waals surface area contributed by atoms with Gasteiger partial charge in [0.1, 0.15) is 5.75 Å². The Morgan fingerprint density at radius 3 is 2.58 bits per heavy atom. The van der Waals surface area contributed by atoms with Crippen molar-refractivity contribution in [1.29, 1.82) is 0 Å². The zero-order valence-electron chi connectivity index (χ0n) is 6.13. The maximum absolute atomic E-state index is 11.7. The van der Waals surface area contributed by atoms with E-state index in [0.717, 1.165) is 0 Å². The largest absolute Gasteiger partial charge is 0.433 e. The van der Waals surface area contributed by atoms with Gasteiger partial charge in [0.2, 0.25) is 0 Å². The SMILES string of the molecule is [CH]Nc1ccccc1OC(F)F. The summed E-state index contributed by atoms with van der Waals surface area (Å²) in [5, 5.41) is 2.24. The third kappa shape index (κ3) is 2.08. The van der Waals surface area contributed by atoms with Gasteiger partial charge < -0.3 is 10.1 Å². The van der Waals surface area contributed by atoms with Crippen LogP contribution in [0.3, 0.4) is 0 Å². The minimum absolute atomic E-state index is 0.0370. The average molecular weight is 171 g/mol. The molecule has 0 atom stereocenters. The van der Waals surface area contributed by atoms with Crippen LogP contribution in [0.15, 0.2) is 24.3 Å². The van der Waals surface area contributed by atoms with Crippen molar-refractivity contribution in [1.82, 2.24) is 0 Å². The van der Waals surface area contributed by atoms with E-state index in [1.807, 2.05) is 0 Å². The summed E-state index contributed by atoms with van der Waals surface area (Å²) < 4.78 is 27.7. The number of alkyl halides is 2. The number of ether oxygens (including phenoxy) is 1. The number of benzene rings is 1. The van der Waals surface area contributed by atoms with Gasteiger partial charge in [-0.05, 0) is 12.1 Å². The van der Waals surface area contributed by atoms with Crippen molar-refractivity contribution in [3.63, 3.8) is 0 Å². The first kappa shape index (κ1) is 8.77. The van der Waals surface area contributed by atoms with E-state index in [1.54, 1.807) is 12.1 Å². The predicted molar refractivity (Wildman–Crippen MR) is 41.0 cm³/mol. The molecule has 1 rings (SSSR count). The van der Waals surface area contributed by atoms with E-state index in [0.29, 0.717) is 5.69 Å². The predicted octanol–water partition coefficient (Wildman–Crippen LogP) is 2.37. The van der Waals surface area contributed by atoms with Crippen molar-refractivity contribution in [3.05, 3.63) is 31.3 Å². The van der Waals surface area contributed by atoms with Crippen LogP contribution in [-0.4, -0.2) is 6.61 Å². The topological polar surface area (TPSA) is 21.3 Å². The molecule has 0 aliphatic rings. The van der Waals surface area contributed by atoms with Gasteiger partial charge in [0.25, 0.3) is 0 Å². The fraction of sp³-hybridized carbons (Fsp3) is 0.125. The minimum atomic E-state index is -2.83. The smallest absolute Gasteiger partial charge is 0.387 e. The van der Waals surface area contributed by atoms with E-state index in [1.165, 1.54) is 12.1 Å². The Morgan fingerprint density at radius 2 is 2.00 bits per heavy atom. The number of nitrogens with one attached hydrogen (secondary N) is 1. The molecule has 0 saturated carbocycles. The molecule has 0 bridgehead atoms. The van der Waals surface area contributed by atoms with E-state index in [2.05, 4.69) is 10.1 Å². The van der Waals surface area contributed by atoms with Gasteiger partial charge in [0.05, 0.1) is 12.7 Å². The lowest BCUT2D eigenvalue weighted by Gasteiger charge is -2.08. The first-order valence-corrected chi connectivity index (χ1v) is 3.24. The normalized spacial score (nSPS) is 10.0. The minimum Gasteiger partial charge on any atom is -0.433 e. The van der Waals surface area contributed by atoms with Gasteiger partial charge in [-0.1, -0.05) is 12.1 Å². The van der Waals surface area contributed by atoms with Crippen LogP contribution in [0.5, 0.6) is 5.75 Å². The van der Waals surface area contributed by atoms with E-state index in [-0.39, 0.29) is 5.75 Å². The second-order valence-corrected chi connectivity index (χ2v) is 2.02. The second-order valence-electron chi connectivity index (χ2n) is 2.02. The summed E-state index contributed by atoms with van der Waals surface area (Å²) in [6.45, 7) is -2.83. The third-order valence-electron chi connectivity index (χ3n) is 1.26. The molecule has 0 heterocycles. The Hall–Kier alpha value is -1.32. The molecule has 2 nitrogen and oxygen atoms in total. The molecular formula is C8H7F2NO.